The highest BCUT2D eigenvalue weighted by Crippen LogP contribution is 2.28. The lowest BCUT2D eigenvalue weighted by atomic mass is 10.0. The van der Waals surface area contributed by atoms with Crippen LogP contribution in [0.1, 0.15) is 6.42 Å². The average molecular weight is 364 g/mol. The Bertz CT molecular complexity index is 514. The minimum Gasteiger partial charge on any atom is -0.491 e. The Morgan fingerprint density at radius 3 is 2.95 bits per heavy atom. The van der Waals surface area contributed by atoms with Crippen LogP contribution in [0.3, 0.4) is 0 Å². The molecule has 1 heterocycles. The van der Waals surface area contributed by atoms with Gasteiger partial charge in [-0.15, -0.1) is 0 Å². The quantitative estimate of drug-likeness (QED) is 0.836. The summed E-state index contributed by atoms with van der Waals surface area (Å²) in [6.07, 6.45) is 0.465. The zero-order valence-corrected chi connectivity index (χ0v) is 13.2. The topological polar surface area (TPSA) is 75.8 Å². The van der Waals surface area contributed by atoms with Crippen molar-refractivity contribution in [1.29, 1.82) is 0 Å². The maximum absolute atomic E-state index is 11.0. The van der Waals surface area contributed by atoms with E-state index >= 15 is 0 Å². The lowest BCUT2D eigenvalue weighted by Crippen LogP contribution is -2.50. The summed E-state index contributed by atoms with van der Waals surface area (Å²) in [5, 5.41) is 9.69. The predicted molar refractivity (Wildman–Crippen MR) is 80.3 cm³/mol. The Hall–Kier alpha value is -0.820. The molecule has 0 aromatic heterocycles. The van der Waals surface area contributed by atoms with Gasteiger partial charge in [-0.3, -0.25) is 9.69 Å². The van der Waals surface area contributed by atoms with E-state index in [1.807, 2.05) is 4.90 Å². The zero-order chi connectivity index (χ0) is 14.8. The molecule has 7 heteroatoms. The van der Waals surface area contributed by atoms with E-state index in [1.54, 1.807) is 18.2 Å². The first-order valence-corrected chi connectivity index (χ1v) is 7.40. The van der Waals surface area contributed by atoms with Crippen LogP contribution in [0, 0.1) is 0 Å². The number of carboxylic acid groups (broad SMARTS) is 1. The molecule has 0 radical (unpaired) electrons. The normalized spacial score (nSPS) is 22.9. The lowest BCUT2D eigenvalue weighted by Gasteiger charge is -2.20. The fourth-order valence-corrected chi connectivity index (χ4v) is 2.95. The summed E-state index contributed by atoms with van der Waals surface area (Å²) in [6, 6.07) is 5.32. The molecule has 1 saturated heterocycles. The number of hydrogen-bond acceptors (Lipinski definition) is 4. The fraction of sp³-hybridized carbons (Fsp3) is 0.462. The third-order valence-electron chi connectivity index (χ3n) is 3.36. The van der Waals surface area contributed by atoms with Crippen LogP contribution in [0.15, 0.2) is 22.7 Å². The molecule has 1 aromatic carbocycles. The van der Waals surface area contributed by atoms with Crippen molar-refractivity contribution in [2.24, 2.45) is 5.73 Å². The third kappa shape index (κ3) is 3.63. The standard InChI is InChI=1S/C13H16BrClN2O3/c14-10-7-9(15)1-2-11(10)20-6-5-17-4-3-13(16,8-17)12(18)19/h1-2,7H,3-6,8,16H2,(H,18,19). The van der Waals surface area contributed by atoms with Gasteiger partial charge in [0, 0.05) is 24.7 Å². The van der Waals surface area contributed by atoms with E-state index in [0.717, 1.165) is 4.47 Å². The smallest absolute Gasteiger partial charge is 0.325 e. The summed E-state index contributed by atoms with van der Waals surface area (Å²) in [4.78, 5) is 13.0. The van der Waals surface area contributed by atoms with E-state index in [1.165, 1.54) is 0 Å². The summed E-state index contributed by atoms with van der Waals surface area (Å²) in [5.74, 6) is -0.229. The highest BCUT2D eigenvalue weighted by molar-refractivity contribution is 9.10. The van der Waals surface area contributed by atoms with Crippen molar-refractivity contribution in [1.82, 2.24) is 4.90 Å². The summed E-state index contributed by atoms with van der Waals surface area (Å²) >= 11 is 9.23. The maximum Gasteiger partial charge on any atom is 0.325 e. The molecule has 0 saturated carbocycles. The summed E-state index contributed by atoms with van der Waals surface area (Å²) in [5.41, 5.74) is 4.69. The van der Waals surface area contributed by atoms with Gasteiger partial charge in [-0.25, -0.2) is 0 Å². The van der Waals surface area contributed by atoms with Crippen molar-refractivity contribution in [3.8, 4) is 5.75 Å². The number of ether oxygens (including phenoxy) is 1. The van der Waals surface area contributed by atoms with Crippen LogP contribution >= 0.6 is 27.5 Å². The van der Waals surface area contributed by atoms with Gasteiger partial charge in [-0.2, -0.15) is 0 Å². The molecule has 20 heavy (non-hydrogen) atoms. The van der Waals surface area contributed by atoms with Crippen molar-refractivity contribution in [3.05, 3.63) is 27.7 Å². The van der Waals surface area contributed by atoms with Crippen molar-refractivity contribution < 1.29 is 14.6 Å². The van der Waals surface area contributed by atoms with Crippen LogP contribution in [0.4, 0.5) is 0 Å². The number of nitrogens with zero attached hydrogens (tertiary/aromatic N) is 1. The highest BCUT2D eigenvalue weighted by atomic mass is 79.9. The van der Waals surface area contributed by atoms with E-state index < -0.39 is 11.5 Å². The molecule has 3 N–H and O–H groups in total. The number of halogens is 2. The highest BCUT2D eigenvalue weighted by Gasteiger charge is 2.40. The van der Waals surface area contributed by atoms with E-state index in [9.17, 15) is 4.79 Å². The second kappa shape index (κ2) is 6.30. The van der Waals surface area contributed by atoms with Crippen LogP contribution in [0.25, 0.3) is 0 Å². The molecule has 0 amide bonds. The molecule has 1 atom stereocenters. The average Bonchev–Trinajstić information content (AvgIpc) is 2.75. The van der Waals surface area contributed by atoms with Gasteiger partial charge >= 0.3 is 5.97 Å². The minimum absolute atomic E-state index is 0.355. The molecule has 110 valence electrons. The van der Waals surface area contributed by atoms with Gasteiger partial charge in [0.05, 0.1) is 4.47 Å². The first kappa shape index (κ1) is 15.6. The summed E-state index contributed by atoms with van der Waals surface area (Å²) < 4.78 is 6.44. The Morgan fingerprint density at radius 2 is 2.35 bits per heavy atom. The van der Waals surface area contributed by atoms with E-state index in [2.05, 4.69) is 15.9 Å². The Morgan fingerprint density at radius 1 is 1.60 bits per heavy atom. The molecule has 5 nitrogen and oxygen atoms in total. The molecule has 1 aromatic rings. The maximum atomic E-state index is 11.0. The number of aliphatic carboxylic acids is 1. The molecule has 0 spiro atoms. The Balaban J connectivity index is 1.81. The molecule has 0 aliphatic carbocycles. The first-order valence-electron chi connectivity index (χ1n) is 6.23. The van der Waals surface area contributed by atoms with Gasteiger partial charge in [0.2, 0.25) is 0 Å². The van der Waals surface area contributed by atoms with Crippen LogP contribution < -0.4 is 10.5 Å². The van der Waals surface area contributed by atoms with Gasteiger partial charge in [0.15, 0.2) is 0 Å². The van der Waals surface area contributed by atoms with Crippen LogP contribution in [-0.4, -0.2) is 47.8 Å². The number of carbonyl (C=O) groups is 1. The molecule has 1 unspecified atom stereocenters. The van der Waals surface area contributed by atoms with E-state index in [0.29, 0.717) is 43.4 Å². The molecule has 1 aliphatic heterocycles. The second-order valence-corrected chi connectivity index (χ2v) is 6.20. The molecular formula is C13H16BrClN2O3. The van der Waals surface area contributed by atoms with E-state index in [4.69, 9.17) is 27.2 Å². The molecule has 0 bridgehead atoms. The molecule has 1 fully saturated rings. The van der Waals surface area contributed by atoms with Crippen LogP contribution in [-0.2, 0) is 4.79 Å². The number of nitrogens with two attached hydrogens (primary N) is 1. The number of hydrogen-bond donors (Lipinski definition) is 2. The number of likely N-dealkylation sites (tertiary alicyclic amines) is 1. The monoisotopic (exact) mass is 362 g/mol. The Kier molecular flexibility index (Phi) is 4.90. The van der Waals surface area contributed by atoms with Crippen LogP contribution in [0.5, 0.6) is 5.75 Å². The van der Waals surface area contributed by atoms with Gasteiger partial charge in [-0.05, 0) is 40.5 Å². The van der Waals surface area contributed by atoms with Gasteiger partial charge in [-0.1, -0.05) is 11.6 Å². The third-order valence-corrected chi connectivity index (χ3v) is 4.22. The largest absolute Gasteiger partial charge is 0.491 e. The molecular weight excluding hydrogens is 348 g/mol. The molecule has 1 aliphatic rings. The lowest BCUT2D eigenvalue weighted by molar-refractivity contribution is -0.142. The first-order chi connectivity index (χ1) is 9.40. The number of rotatable bonds is 5. The van der Waals surface area contributed by atoms with Crippen molar-refractivity contribution >= 4 is 33.5 Å². The van der Waals surface area contributed by atoms with Crippen molar-refractivity contribution in [2.45, 2.75) is 12.0 Å². The fourth-order valence-electron chi connectivity index (χ4n) is 2.16. The van der Waals surface area contributed by atoms with Gasteiger partial charge < -0.3 is 15.6 Å². The SMILES string of the molecule is NC1(C(=O)O)CCN(CCOc2ccc(Cl)cc2Br)C1. The van der Waals surface area contributed by atoms with Crippen molar-refractivity contribution in [2.75, 3.05) is 26.2 Å². The minimum atomic E-state index is -1.12. The summed E-state index contributed by atoms with van der Waals surface area (Å²) in [6.45, 7) is 2.14. The predicted octanol–water partition coefficient (Wildman–Crippen LogP) is 1.97. The van der Waals surface area contributed by atoms with Gasteiger partial charge in [0.25, 0.3) is 0 Å². The summed E-state index contributed by atoms with van der Waals surface area (Å²) in [7, 11) is 0. The van der Waals surface area contributed by atoms with E-state index in [-0.39, 0.29) is 0 Å². The number of benzene rings is 1. The van der Waals surface area contributed by atoms with Crippen LogP contribution in [0.2, 0.25) is 5.02 Å². The Labute approximate surface area is 130 Å². The van der Waals surface area contributed by atoms with Gasteiger partial charge in [0.1, 0.15) is 17.9 Å². The van der Waals surface area contributed by atoms with Crippen molar-refractivity contribution in [3.63, 3.8) is 0 Å². The molecule has 2 rings (SSSR count). The second-order valence-electron chi connectivity index (χ2n) is 4.91. The number of carboxylic acids is 1. The zero-order valence-electron chi connectivity index (χ0n) is 10.8.